The molecule has 0 bridgehead atoms. The summed E-state index contributed by atoms with van der Waals surface area (Å²) >= 11 is 1.74. The summed E-state index contributed by atoms with van der Waals surface area (Å²) in [6.45, 7) is 4.64. The second-order valence-electron chi connectivity index (χ2n) is 6.63. The molecule has 3 rings (SSSR count). The van der Waals surface area contributed by atoms with Crippen molar-refractivity contribution in [1.29, 1.82) is 0 Å². The molecule has 0 radical (unpaired) electrons. The Labute approximate surface area is 147 Å². The first-order valence-electron chi connectivity index (χ1n) is 8.04. The number of nitrogens with zero attached hydrogens (tertiary/aromatic N) is 2. The number of amides is 1. The molecule has 6 nitrogen and oxygen atoms in total. The van der Waals surface area contributed by atoms with Crippen LogP contribution in [-0.2, 0) is 14.8 Å². The first-order valence-corrected chi connectivity index (χ1v) is 10.5. The Bertz CT molecular complexity index is 703. The highest BCUT2D eigenvalue weighted by Crippen LogP contribution is 2.35. The lowest BCUT2D eigenvalue weighted by Gasteiger charge is -2.37. The smallest absolute Gasteiger partial charge is 0.256 e. The van der Waals surface area contributed by atoms with Gasteiger partial charge in [0.25, 0.3) is 5.91 Å². The lowest BCUT2D eigenvalue weighted by Crippen LogP contribution is -2.59. The van der Waals surface area contributed by atoms with Crippen LogP contribution in [0, 0.1) is 0 Å². The molecule has 1 aromatic rings. The van der Waals surface area contributed by atoms with Crippen molar-refractivity contribution in [3.8, 4) is 0 Å². The molecule has 1 aromatic carbocycles. The van der Waals surface area contributed by atoms with Gasteiger partial charge in [-0.25, -0.2) is 17.7 Å². The number of rotatable bonds is 5. The number of sulfonamides is 1. The Morgan fingerprint density at radius 1 is 1.25 bits per heavy atom. The van der Waals surface area contributed by atoms with Gasteiger partial charge >= 0.3 is 0 Å². The minimum absolute atomic E-state index is 0.279. The zero-order chi connectivity index (χ0) is 17.4. The van der Waals surface area contributed by atoms with Crippen molar-refractivity contribution in [2.45, 2.75) is 30.3 Å². The van der Waals surface area contributed by atoms with Gasteiger partial charge in [0.05, 0.1) is 5.88 Å². The molecular formula is C16H23N3O3S2. The van der Waals surface area contributed by atoms with Gasteiger partial charge in [0, 0.05) is 24.9 Å². The van der Waals surface area contributed by atoms with Crippen LogP contribution in [0.25, 0.3) is 0 Å². The van der Waals surface area contributed by atoms with Gasteiger partial charge in [0.2, 0.25) is 10.0 Å². The third kappa shape index (κ3) is 3.20. The van der Waals surface area contributed by atoms with E-state index in [9.17, 15) is 13.2 Å². The Morgan fingerprint density at radius 2 is 1.92 bits per heavy atom. The number of carbonyl (C=O) groups excluding carboxylic acids is 1. The van der Waals surface area contributed by atoms with Crippen molar-refractivity contribution in [3.05, 3.63) is 35.9 Å². The molecule has 2 fully saturated rings. The second-order valence-corrected chi connectivity index (χ2v) is 10.3. The van der Waals surface area contributed by atoms with Gasteiger partial charge in [-0.2, -0.15) is 0 Å². The fourth-order valence-corrected chi connectivity index (χ4v) is 5.51. The van der Waals surface area contributed by atoms with Crippen molar-refractivity contribution in [3.63, 3.8) is 0 Å². The summed E-state index contributed by atoms with van der Waals surface area (Å²) in [5, 5.41) is 2.08. The number of benzene rings is 1. The van der Waals surface area contributed by atoms with Crippen molar-refractivity contribution < 1.29 is 13.2 Å². The molecule has 0 saturated carbocycles. The van der Waals surface area contributed by atoms with Crippen molar-refractivity contribution >= 4 is 27.7 Å². The molecule has 2 saturated heterocycles. The molecule has 2 aliphatic rings. The highest BCUT2D eigenvalue weighted by molar-refractivity contribution is 7.99. The predicted octanol–water partition coefficient (Wildman–Crippen LogP) is 1.58. The average molecular weight is 370 g/mol. The summed E-state index contributed by atoms with van der Waals surface area (Å²) in [5.74, 6) is 0.175. The summed E-state index contributed by atoms with van der Waals surface area (Å²) in [5.41, 5.74) is 4.01. The van der Waals surface area contributed by atoms with Gasteiger partial charge in [-0.05, 0) is 25.8 Å². The molecule has 1 amide bonds. The Balaban J connectivity index is 1.63. The summed E-state index contributed by atoms with van der Waals surface area (Å²) in [6.07, 6.45) is 0.860. The van der Waals surface area contributed by atoms with Gasteiger partial charge in [-0.1, -0.05) is 30.3 Å². The van der Waals surface area contributed by atoms with Crippen LogP contribution in [0.3, 0.4) is 0 Å². The van der Waals surface area contributed by atoms with Gasteiger partial charge in [0.1, 0.15) is 0 Å². The molecule has 0 aromatic heterocycles. The number of hydrogen-bond acceptors (Lipinski definition) is 5. The standard InChI is InChI=1S/C16H23N3O3S2/c1-16(2,24(21,22)19-9-6-10-19)15(20)17-18-11-14(23-12-18)13-7-4-3-5-8-13/h3-5,7-8,14H,6,9-12H2,1-2H3,(H,17,20). The number of carbonyl (C=O) groups is 1. The number of hydrazine groups is 1. The van der Waals surface area contributed by atoms with E-state index in [1.807, 2.05) is 18.2 Å². The molecule has 0 aliphatic carbocycles. The van der Waals surface area contributed by atoms with Crippen molar-refractivity contribution in [1.82, 2.24) is 14.7 Å². The first-order chi connectivity index (χ1) is 11.3. The molecule has 0 spiro atoms. The maximum atomic E-state index is 12.6. The third-order valence-corrected chi connectivity index (χ3v) is 8.40. The molecule has 1 N–H and O–H groups in total. The second kappa shape index (κ2) is 6.67. The normalized spacial score (nSPS) is 23.0. The minimum atomic E-state index is -3.62. The van der Waals surface area contributed by atoms with E-state index in [2.05, 4.69) is 17.6 Å². The van der Waals surface area contributed by atoms with Crippen LogP contribution in [0.2, 0.25) is 0 Å². The summed E-state index contributed by atoms with van der Waals surface area (Å²) in [7, 11) is -3.62. The molecule has 1 atom stereocenters. The lowest BCUT2D eigenvalue weighted by atomic mass is 10.1. The number of hydrogen-bond donors (Lipinski definition) is 1. The Kier molecular flexibility index (Phi) is 4.92. The Hall–Kier alpha value is -1.09. The monoisotopic (exact) mass is 369 g/mol. The number of nitrogens with one attached hydrogen (secondary N) is 1. The highest BCUT2D eigenvalue weighted by atomic mass is 32.2. The zero-order valence-electron chi connectivity index (χ0n) is 13.9. The molecule has 2 aliphatic heterocycles. The van der Waals surface area contributed by atoms with Gasteiger partial charge < -0.3 is 0 Å². The van der Waals surface area contributed by atoms with E-state index in [4.69, 9.17) is 0 Å². The fourth-order valence-electron chi connectivity index (χ4n) is 2.68. The van der Waals surface area contributed by atoms with Crippen LogP contribution in [0.5, 0.6) is 0 Å². The quantitative estimate of drug-likeness (QED) is 0.853. The van der Waals surface area contributed by atoms with Gasteiger partial charge in [-0.15, -0.1) is 11.8 Å². The van der Waals surface area contributed by atoms with E-state index in [-0.39, 0.29) is 5.25 Å². The van der Waals surface area contributed by atoms with Crippen LogP contribution in [-0.4, -0.2) is 53.9 Å². The molecule has 2 heterocycles. The zero-order valence-corrected chi connectivity index (χ0v) is 15.6. The summed E-state index contributed by atoms with van der Waals surface area (Å²) in [6, 6.07) is 10.1. The maximum absolute atomic E-state index is 12.6. The SMILES string of the molecule is CC(C)(C(=O)NN1CSC(c2ccccc2)C1)S(=O)(=O)N1CCC1. The molecule has 1 unspecified atom stereocenters. The highest BCUT2D eigenvalue weighted by Gasteiger charge is 2.47. The minimum Gasteiger partial charge on any atom is -0.287 e. The summed E-state index contributed by atoms with van der Waals surface area (Å²) < 4.78 is 25.1. The van der Waals surface area contributed by atoms with E-state index in [1.54, 1.807) is 16.8 Å². The molecule has 24 heavy (non-hydrogen) atoms. The first kappa shape index (κ1) is 17.7. The van der Waals surface area contributed by atoms with Crippen molar-refractivity contribution in [2.24, 2.45) is 0 Å². The van der Waals surface area contributed by atoms with Crippen molar-refractivity contribution in [2.75, 3.05) is 25.5 Å². The summed E-state index contributed by atoms with van der Waals surface area (Å²) in [4.78, 5) is 12.6. The van der Waals surface area contributed by atoms with Crippen LogP contribution in [0.1, 0.15) is 31.1 Å². The molecular weight excluding hydrogens is 346 g/mol. The Morgan fingerprint density at radius 3 is 2.50 bits per heavy atom. The van der Waals surface area contributed by atoms with E-state index < -0.39 is 20.7 Å². The van der Waals surface area contributed by atoms with Crippen LogP contribution in [0.15, 0.2) is 30.3 Å². The topological polar surface area (TPSA) is 69.7 Å². The van der Waals surface area contributed by atoms with Crippen LogP contribution >= 0.6 is 11.8 Å². The maximum Gasteiger partial charge on any atom is 0.256 e. The predicted molar refractivity (Wildman–Crippen MR) is 95.7 cm³/mol. The van der Waals surface area contributed by atoms with Crippen LogP contribution in [0.4, 0.5) is 0 Å². The van der Waals surface area contributed by atoms with E-state index in [1.165, 1.54) is 23.7 Å². The molecule has 8 heteroatoms. The fraction of sp³-hybridized carbons (Fsp3) is 0.562. The molecule has 132 valence electrons. The van der Waals surface area contributed by atoms with E-state index >= 15 is 0 Å². The van der Waals surface area contributed by atoms with E-state index in [0.29, 0.717) is 25.5 Å². The van der Waals surface area contributed by atoms with Crippen LogP contribution < -0.4 is 5.43 Å². The number of thioether (sulfide) groups is 1. The third-order valence-electron chi connectivity index (χ3n) is 4.60. The van der Waals surface area contributed by atoms with Gasteiger partial charge in [0.15, 0.2) is 4.75 Å². The van der Waals surface area contributed by atoms with Gasteiger partial charge in [-0.3, -0.25) is 10.2 Å². The average Bonchev–Trinajstić information content (AvgIpc) is 2.94. The lowest BCUT2D eigenvalue weighted by molar-refractivity contribution is -0.127. The largest absolute Gasteiger partial charge is 0.287 e. The van der Waals surface area contributed by atoms with E-state index in [0.717, 1.165) is 6.42 Å².